The van der Waals surface area contributed by atoms with E-state index in [0.29, 0.717) is 0 Å². The normalized spacial score (nSPS) is 37.6. The van der Waals surface area contributed by atoms with Gasteiger partial charge in [-0.25, -0.2) is 0 Å². The average Bonchev–Trinajstić information content (AvgIpc) is 2.16. The third-order valence-corrected chi connectivity index (χ3v) is 4.77. The Hall–Kier alpha value is 0. The summed E-state index contributed by atoms with van der Waals surface area (Å²) in [5, 5.41) is 0. The molecular weight excluding hydrogens is 180 g/mol. The summed E-state index contributed by atoms with van der Waals surface area (Å²) in [6, 6.07) is 0. The summed E-state index contributed by atoms with van der Waals surface area (Å²) < 4.78 is 0. The van der Waals surface area contributed by atoms with Crippen LogP contribution in [0.3, 0.4) is 0 Å². The summed E-state index contributed by atoms with van der Waals surface area (Å²) in [6.07, 6.45) is 4.32. The molecule has 0 N–H and O–H groups in total. The second kappa shape index (κ2) is 5.37. The van der Waals surface area contributed by atoms with Crippen LogP contribution in [0.2, 0.25) is 0 Å². The third-order valence-electron chi connectivity index (χ3n) is 4.77. The van der Waals surface area contributed by atoms with Gasteiger partial charge in [0.25, 0.3) is 0 Å². The van der Waals surface area contributed by atoms with Gasteiger partial charge in [0.2, 0.25) is 0 Å². The van der Waals surface area contributed by atoms with Crippen molar-refractivity contribution in [3.05, 3.63) is 0 Å². The molecule has 0 amide bonds. The van der Waals surface area contributed by atoms with E-state index in [-0.39, 0.29) is 0 Å². The summed E-state index contributed by atoms with van der Waals surface area (Å²) in [7, 11) is 0. The van der Waals surface area contributed by atoms with E-state index in [0.717, 1.165) is 35.5 Å². The maximum absolute atomic E-state index is 2.47. The van der Waals surface area contributed by atoms with Crippen LogP contribution in [0.15, 0.2) is 0 Å². The van der Waals surface area contributed by atoms with E-state index >= 15 is 0 Å². The van der Waals surface area contributed by atoms with Crippen molar-refractivity contribution in [2.45, 2.75) is 60.8 Å². The molecule has 0 radical (unpaired) electrons. The number of hydrogen-bond donors (Lipinski definition) is 0. The van der Waals surface area contributed by atoms with Crippen LogP contribution in [0, 0.1) is 35.5 Å². The van der Waals surface area contributed by atoms with E-state index in [4.69, 9.17) is 0 Å². The Morgan fingerprint density at radius 1 is 1.00 bits per heavy atom. The van der Waals surface area contributed by atoms with E-state index in [1.165, 1.54) is 19.3 Å². The molecule has 1 aliphatic rings. The predicted octanol–water partition coefficient (Wildman–Crippen LogP) is 4.99. The van der Waals surface area contributed by atoms with Gasteiger partial charge in [0, 0.05) is 0 Å². The zero-order chi connectivity index (χ0) is 11.6. The van der Waals surface area contributed by atoms with Gasteiger partial charge >= 0.3 is 0 Å². The first kappa shape index (κ1) is 13.1. The fraction of sp³-hybridized carbons (Fsp3) is 1.00. The van der Waals surface area contributed by atoms with Gasteiger partial charge in [-0.3, -0.25) is 0 Å². The first-order valence-electron chi connectivity index (χ1n) is 6.99. The SMILES string of the molecule is CCC1C(C)CCC(C(C)C)C1C(C)C. The maximum Gasteiger partial charge on any atom is -0.0329 e. The Bertz CT molecular complexity index is 178. The standard InChI is InChI=1S/C15H30/c1-7-13-12(6)8-9-14(10(2)3)15(13)11(4)5/h10-15H,7-9H2,1-6H3. The highest BCUT2D eigenvalue weighted by Gasteiger charge is 2.38. The van der Waals surface area contributed by atoms with Crippen molar-refractivity contribution >= 4 is 0 Å². The molecule has 1 fully saturated rings. The molecule has 15 heavy (non-hydrogen) atoms. The van der Waals surface area contributed by atoms with Crippen molar-refractivity contribution < 1.29 is 0 Å². The van der Waals surface area contributed by atoms with Crippen molar-refractivity contribution in [3.63, 3.8) is 0 Å². The van der Waals surface area contributed by atoms with E-state index in [9.17, 15) is 0 Å². The lowest BCUT2D eigenvalue weighted by atomic mass is 9.60. The van der Waals surface area contributed by atoms with E-state index in [1.54, 1.807) is 0 Å². The van der Waals surface area contributed by atoms with E-state index in [1.807, 2.05) is 0 Å². The molecule has 0 nitrogen and oxygen atoms in total. The highest BCUT2D eigenvalue weighted by atomic mass is 14.4. The molecule has 0 heterocycles. The molecule has 0 aromatic carbocycles. The summed E-state index contributed by atoms with van der Waals surface area (Å²) in [4.78, 5) is 0. The Morgan fingerprint density at radius 3 is 2.00 bits per heavy atom. The molecule has 4 atom stereocenters. The van der Waals surface area contributed by atoms with Gasteiger partial charge in [0.05, 0.1) is 0 Å². The highest BCUT2D eigenvalue weighted by molar-refractivity contribution is 4.88. The van der Waals surface area contributed by atoms with E-state index < -0.39 is 0 Å². The first-order chi connectivity index (χ1) is 6.99. The zero-order valence-electron chi connectivity index (χ0n) is 11.6. The van der Waals surface area contributed by atoms with Gasteiger partial charge < -0.3 is 0 Å². The molecule has 1 saturated carbocycles. The minimum Gasteiger partial charge on any atom is -0.0651 e. The van der Waals surface area contributed by atoms with Crippen LogP contribution in [-0.4, -0.2) is 0 Å². The molecule has 1 rings (SSSR count). The summed E-state index contributed by atoms with van der Waals surface area (Å²) in [5.41, 5.74) is 0. The first-order valence-corrected chi connectivity index (χ1v) is 6.99. The summed E-state index contributed by atoms with van der Waals surface area (Å²) >= 11 is 0. The topological polar surface area (TPSA) is 0 Å². The molecule has 0 aliphatic heterocycles. The van der Waals surface area contributed by atoms with Gasteiger partial charge in [0.15, 0.2) is 0 Å². The molecule has 0 spiro atoms. The Kier molecular flexibility index (Phi) is 4.67. The van der Waals surface area contributed by atoms with Gasteiger partial charge in [-0.2, -0.15) is 0 Å². The zero-order valence-corrected chi connectivity index (χ0v) is 11.6. The summed E-state index contributed by atoms with van der Waals surface area (Å²) in [6.45, 7) is 14.6. The average molecular weight is 210 g/mol. The van der Waals surface area contributed by atoms with E-state index in [2.05, 4.69) is 41.5 Å². The minimum atomic E-state index is 0.866. The minimum absolute atomic E-state index is 0.866. The van der Waals surface area contributed by atoms with Crippen molar-refractivity contribution in [3.8, 4) is 0 Å². The Labute approximate surface area is 96.8 Å². The van der Waals surface area contributed by atoms with Crippen LogP contribution in [0.25, 0.3) is 0 Å². The van der Waals surface area contributed by atoms with Gasteiger partial charge in [-0.15, -0.1) is 0 Å². The van der Waals surface area contributed by atoms with Crippen LogP contribution in [0.1, 0.15) is 60.8 Å². The van der Waals surface area contributed by atoms with Crippen molar-refractivity contribution in [2.75, 3.05) is 0 Å². The van der Waals surface area contributed by atoms with Crippen molar-refractivity contribution in [2.24, 2.45) is 35.5 Å². The molecule has 0 bridgehead atoms. The van der Waals surface area contributed by atoms with Gasteiger partial charge in [-0.05, 0) is 41.9 Å². The van der Waals surface area contributed by atoms with Crippen LogP contribution in [-0.2, 0) is 0 Å². The third kappa shape index (κ3) is 2.77. The van der Waals surface area contributed by atoms with Gasteiger partial charge in [-0.1, -0.05) is 54.4 Å². The fourth-order valence-corrected chi connectivity index (χ4v) is 4.00. The Morgan fingerprint density at radius 2 is 1.60 bits per heavy atom. The van der Waals surface area contributed by atoms with Crippen molar-refractivity contribution in [1.29, 1.82) is 0 Å². The van der Waals surface area contributed by atoms with Crippen LogP contribution >= 0.6 is 0 Å². The largest absolute Gasteiger partial charge is 0.0651 e. The van der Waals surface area contributed by atoms with Gasteiger partial charge in [0.1, 0.15) is 0 Å². The number of hydrogen-bond acceptors (Lipinski definition) is 0. The fourth-order valence-electron chi connectivity index (χ4n) is 4.00. The molecule has 0 saturated heterocycles. The molecule has 90 valence electrons. The quantitative estimate of drug-likeness (QED) is 0.616. The van der Waals surface area contributed by atoms with Crippen LogP contribution < -0.4 is 0 Å². The lowest BCUT2D eigenvalue weighted by Gasteiger charge is -2.46. The maximum atomic E-state index is 2.47. The van der Waals surface area contributed by atoms with Crippen LogP contribution in [0.5, 0.6) is 0 Å². The Balaban J connectivity index is 2.83. The second-order valence-corrected chi connectivity index (χ2v) is 6.36. The molecule has 0 aromatic heterocycles. The second-order valence-electron chi connectivity index (χ2n) is 6.36. The molecule has 0 aromatic rings. The predicted molar refractivity (Wildman–Crippen MR) is 68.8 cm³/mol. The van der Waals surface area contributed by atoms with Crippen molar-refractivity contribution in [1.82, 2.24) is 0 Å². The lowest BCUT2D eigenvalue weighted by molar-refractivity contribution is 0.0340. The monoisotopic (exact) mass is 210 g/mol. The smallest absolute Gasteiger partial charge is 0.0329 e. The molecule has 0 heteroatoms. The highest BCUT2D eigenvalue weighted by Crippen LogP contribution is 2.46. The summed E-state index contributed by atoms with van der Waals surface area (Å²) in [5.74, 6) is 5.62. The lowest BCUT2D eigenvalue weighted by Crippen LogP contribution is -2.38. The number of rotatable bonds is 3. The molecule has 1 aliphatic carbocycles. The van der Waals surface area contributed by atoms with Crippen LogP contribution in [0.4, 0.5) is 0 Å². The molecule has 4 unspecified atom stereocenters. The molecular formula is C15H30.